The molecule has 6 nitrogen and oxygen atoms in total. The van der Waals surface area contributed by atoms with Crippen molar-refractivity contribution in [2.45, 2.75) is 32.7 Å². The van der Waals surface area contributed by atoms with Gasteiger partial charge >= 0.3 is 0 Å². The first-order chi connectivity index (χ1) is 12.5. The summed E-state index contributed by atoms with van der Waals surface area (Å²) in [6.45, 7) is 8.75. The molecular formula is C19H31FN4O2+2. The normalized spacial score (nSPS) is 21.0. The van der Waals surface area contributed by atoms with Crippen molar-refractivity contribution in [2.75, 3.05) is 44.6 Å². The van der Waals surface area contributed by atoms with Gasteiger partial charge in [-0.15, -0.1) is 0 Å². The lowest BCUT2D eigenvalue weighted by Crippen LogP contribution is -3.30. The summed E-state index contributed by atoms with van der Waals surface area (Å²) in [5.41, 5.74) is 0.607. The maximum atomic E-state index is 12.9. The van der Waals surface area contributed by atoms with Gasteiger partial charge in [-0.3, -0.25) is 9.59 Å². The molecule has 1 aromatic rings. The average molecular weight is 366 g/mol. The Bertz CT molecular complexity index is 586. The van der Waals surface area contributed by atoms with E-state index in [1.165, 1.54) is 21.9 Å². The van der Waals surface area contributed by atoms with Crippen molar-refractivity contribution >= 4 is 17.5 Å². The van der Waals surface area contributed by atoms with E-state index in [0.717, 1.165) is 45.6 Å². The number of rotatable bonds is 8. The second-order valence-corrected chi connectivity index (χ2v) is 7.01. The molecule has 1 aromatic carbocycles. The first kappa shape index (κ1) is 20.3. The monoisotopic (exact) mass is 366 g/mol. The summed E-state index contributed by atoms with van der Waals surface area (Å²) in [7, 11) is 0. The third-order valence-corrected chi connectivity index (χ3v) is 4.98. The van der Waals surface area contributed by atoms with Gasteiger partial charge in [0.25, 0.3) is 11.8 Å². The molecule has 2 amide bonds. The summed E-state index contributed by atoms with van der Waals surface area (Å²) in [6.07, 6.45) is 2.09. The molecule has 2 rings (SSSR count). The fourth-order valence-corrected chi connectivity index (χ4v) is 3.20. The maximum Gasteiger partial charge on any atom is 0.282 e. The van der Waals surface area contributed by atoms with Crippen LogP contribution in [0.4, 0.5) is 10.1 Å². The molecule has 7 heteroatoms. The van der Waals surface area contributed by atoms with E-state index in [1.807, 2.05) is 6.92 Å². The second-order valence-electron chi connectivity index (χ2n) is 7.01. The fraction of sp³-hybridized carbons (Fsp3) is 0.579. The Hall–Kier alpha value is -1.99. The summed E-state index contributed by atoms with van der Waals surface area (Å²) in [5, 5.41) is 5.80. The van der Waals surface area contributed by atoms with Crippen LogP contribution in [0.1, 0.15) is 26.7 Å². The lowest BCUT2D eigenvalue weighted by molar-refractivity contribution is -1.01. The van der Waals surface area contributed by atoms with Crippen LogP contribution in [0.25, 0.3) is 0 Å². The largest absolute Gasteiger partial charge is 0.351 e. The number of anilines is 1. The average Bonchev–Trinajstić information content (AvgIpc) is 2.64. The van der Waals surface area contributed by atoms with Crippen LogP contribution in [0, 0.1) is 5.82 Å². The van der Waals surface area contributed by atoms with E-state index in [0.29, 0.717) is 12.2 Å². The highest BCUT2D eigenvalue weighted by Crippen LogP contribution is 2.08. The van der Waals surface area contributed by atoms with E-state index in [4.69, 9.17) is 0 Å². The topological polar surface area (TPSA) is 67.1 Å². The molecule has 1 heterocycles. The quantitative estimate of drug-likeness (QED) is 0.439. The van der Waals surface area contributed by atoms with Gasteiger partial charge in [-0.2, -0.15) is 0 Å². The number of amides is 2. The minimum absolute atomic E-state index is 0.0626. The molecule has 4 N–H and O–H groups in total. The Balaban J connectivity index is 1.73. The van der Waals surface area contributed by atoms with E-state index < -0.39 is 0 Å². The lowest BCUT2D eigenvalue weighted by atomic mass is 10.2. The molecule has 144 valence electrons. The van der Waals surface area contributed by atoms with Crippen molar-refractivity contribution in [3.63, 3.8) is 0 Å². The molecule has 0 unspecified atom stereocenters. The number of piperazine rings is 1. The SMILES string of the molecule is CCCCNC(=O)C[NH+]1CC[NH+]([C@H](C)C(=O)Nc2ccc(F)cc2)CC1. The van der Waals surface area contributed by atoms with Crippen LogP contribution in [0.5, 0.6) is 0 Å². The zero-order valence-corrected chi connectivity index (χ0v) is 15.7. The van der Waals surface area contributed by atoms with Gasteiger partial charge in [0.15, 0.2) is 12.6 Å². The summed E-state index contributed by atoms with van der Waals surface area (Å²) < 4.78 is 12.9. The zero-order valence-electron chi connectivity index (χ0n) is 15.7. The van der Waals surface area contributed by atoms with E-state index in [1.54, 1.807) is 12.1 Å². The number of unbranched alkanes of at least 4 members (excludes halogenated alkanes) is 1. The van der Waals surface area contributed by atoms with Crippen LogP contribution < -0.4 is 20.4 Å². The number of halogens is 1. The minimum atomic E-state index is -0.320. The minimum Gasteiger partial charge on any atom is -0.351 e. The Morgan fingerprint density at radius 3 is 2.42 bits per heavy atom. The van der Waals surface area contributed by atoms with E-state index in [9.17, 15) is 14.0 Å². The van der Waals surface area contributed by atoms with E-state index in [2.05, 4.69) is 17.6 Å². The van der Waals surface area contributed by atoms with Crippen molar-refractivity contribution in [3.8, 4) is 0 Å². The number of quaternary nitrogens is 2. The third-order valence-electron chi connectivity index (χ3n) is 4.98. The number of nitrogens with one attached hydrogen (secondary N) is 4. The van der Waals surface area contributed by atoms with Gasteiger partial charge in [0, 0.05) is 12.2 Å². The van der Waals surface area contributed by atoms with Crippen molar-refractivity contribution < 1.29 is 23.8 Å². The van der Waals surface area contributed by atoms with Gasteiger partial charge in [0.2, 0.25) is 0 Å². The Morgan fingerprint density at radius 1 is 1.15 bits per heavy atom. The molecule has 1 fully saturated rings. The Morgan fingerprint density at radius 2 is 1.81 bits per heavy atom. The molecule has 0 saturated carbocycles. The Kier molecular flexibility index (Phi) is 8.00. The van der Waals surface area contributed by atoms with Crippen LogP contribution in [0.15, 0.2) is 24.3 Å². The summed E-state index contributed by atoms with van der Waals surface area (Å²) in [6, 6.07) is 5.62. The first-order valence-corrected chi connectivity index (χ1v) is 9.51. The molecule has 0 aromatic heterocycles. The standard InChI is InChI=1S/C19H29FN4O2/c1-3-4-9-21-18(25)14-23-10-12-24(13-11-23)15(2)19(26)22-17-7-5-16(20)6-8-17/h5-8,15H,3-4,9-14H2,1-2H3,(H,21,25)(H,22,26)/p+2/t15-/m1/s1. The van der Waals surface area contributed by atoms with Crippen LogP contribution in [-0.4, -0.2) is 57.1 Å². The highest BCUT2D eigenvalue weighted by atomic mass is 19.1. The van der Waals surface area contributed by atoms with Gasteiger partial charge in [0.1, 0.15) is 32.0 Å². The van der Waals surface area contributed by atoms with Crippen LogP contribution in [-0.2, 0) is 9.59 Å². The van der Waals surface area contributed by atoms with Crippen molar-refractivity contribution in [3.05, 3.63) is 30.1 Å². The molecule has 0 aliphatic carbocycles. The molecule has 1 saturated heterocycles. The van der Waals surface area contributed by atoms with Gasteiger partial charge in [-0.05, 0) is 37.6 Å². The smallest absolute Gasteiger partial charge is 0.282 e. The van der Waals surface area contributed by atoms with Gasteiger partial charge < -0.3 is 20.4 Å². The summed E-state index contributed by atoms with van der Waals surface area (Å²) in [4.78, 5) is 26.8. The first-order valence-electron chi connectivity index (χ1n) is 9.51. The Labute approximate surface area is 154 Å². The van der Waals surface area contributed by atoms with Gasteiger partial charge in [0.05, 0.1) is 0 Å². The van der Waals surface area contributed by atoms with Crippen molar-refractivity contribution in [1.82, 2.24) is 5.32 Å². The van der Waals surface area contributed by atoms with Crippen molar-refractivity contribution in [1.29, 1.82) is 0 Å². The molecule has 26 heavy (non-hydrogen) atoms. The predicted molar refractivity (Wildman–Crippen MR) is 98.7 cm³/mol. The molecule has 1 aliphatic rings. The number of benzene rings is 1. The fourth-order valence-electron chi connectivity index (χ4n) is 3.20. The zero-order chi connectivity index (χ0) is 18.9. The van der Waals surface area contributed by atoms with Crippen molar-refractivity contribution in [2.24, 2.45) is 0 Å². The lowest BCUT2D eigenvalue weighted by Gasteiger charge is -2.32. The third kappa shape index (κ3) is 6.38. The predicted octanol–water partition coefficient (Wildman–Crippen LogP) is -1.15. The van der Waals surface area contributed by atoms with Crippen LogP contribution in [0.2, 0.25) is 0 Å². The molecule has 0 spiro atoms. The molecule has 0 bridgehead atoms. The maximum absolute atomic E-state index is 12.9. The second kappa shape index (κ2) is 10.2. The van der Waals surface area contributed by atoms with Crippen LogP contribution >= 0.6 is 0 Å². The molecule has 0 radical (unpaired) electrons. The number of hydrogen-bond acceptors (Lipinski definition) is 2. The summed E-state index contributed by atoms with van der Waals surface area (Å²) >= 11 is 0. The van der Waals surface area contributed by atoms with E-state index >= 15 is 0 Å². The van der Waals surface area contributed by atoms with Gasteiger partial charge in [-0.25, -0.2) is 4.39 Å². The highest BCUT2D eigenvalue weighted by Gasteiger charge is 2.31. The van der Waals surface area contributed by atoms with Gasteiger partial charge in [-0.1, -0.05) is 13.3 Å². The summed E-state index contributed by atoms with van der Waals surface area (Å²) in [5.74, 6) is -0.272. The number of carbonyl (C=O) groups excluding carboxylic acids is 2. The highest BCUT2D eigenvalue weighted by molar-refractivity contribution is 5.93. The molecule has 1 aliphatic heterocycles. The van der Waals surface area contributed by atoms with E-state index in [-0.39, 0.29) is 23.7 Å². The number of carbonyl (C=O) groups is 2. The molecular weight excluding hydrogens is 335 g/mol. The molecule has 1 atom stereocenters. The number of hydrogen-bond donors (Lipinski definition) is 4. The van der Waals surface area contributed by atoms with Crippen LogP contribution in [0.3, 0.4) is 0 Å².